The number of nitrogens with zero attached hydrogens (tertiary/aromatic N) is 2. The molecule has 18 heavy (non-hydrogen) atoms. The number of nitrogens with two attached hydrogens (primary N) is 1. The van der Waals surface area contributed by atoms with Crippen molar-refractivity contribution in [2.75, 3.05) is 19.6 Å². The maximum Gasteiger partial charge on any atom is 0.225 e. The molecule has 0 radical (unpaired) electrons. The third-order valence-corrected chi connectivity index (χ3v) is 4.63. The minimum atomic E-state index is 0.128. The Kier molecular flexibility index (Phi) is 3.01. The first-order valence-electron chi connectivity index (χ1n) is 6.99. The van der Waals surface area contributed by atoms with Gasteiger partial charge in [0.05, 0.1) is 0 Å². The van der Waals surface area contributed by atoms with Crippen LogP contribution in [0.1, 0.15) is 32.1 Å². The maximum atomic E-state index is 12.4. The zero-order chi connectivity index (χ0) is 12.7. The molecule has 3 unspecified atom stereocenters. The molecule has 1 saturated carbocycles. The Morgan fingerprint density at radius 3 is 2.78 bits per heavy atom. The molecule has 5 heteroatoms. The first-order valence-corrected chi connectivity index (χ1v) is 6.99. The first kappa shape index (κ1) is 12.0. The monoisotopic (exact) mass is 251 g/mol. The molecule has 0 spiro atoms. The van der Waals surface area contributed by atoms with Gasteiger partial charge < -0.3 is 15.5 Å². The fourth-order valence-electron chi connectivity index (χ4n) is 3.56. The van der Waals surface area contributed by atoms with Gasteiger partial charge >= 0.3 is 0 Å². The zero-order valence-electron chi connectivity index (χ0n) is 10.7. The van der Waals surface area contributed by atoms with Crippen molar-refractivity contribution < 1.29 is 9.59 Å². The van der Waals surface area contributed by atoms with Gasteiger partial charge in [0.25, 0.3) is 0 Å². The van der Waals surface area contributed by atoms with Crippen LogP contribution in [-0.4, -0.2) is 53.3 Å². The van der Waals surface area contributed by atoms with E-state index in [1.165, 1.54) is 0 Å². The third-order valence-electron chi connectivity index (χ3n) is 4.63. The second kappa shape index (κ2) is 4.53. The Morgan fingerprint density at radius 2 is 2.06 bits per heavy atom. The highest BCUT2D eigenvalue weighted by Gasteiger charge is 2.39. The summed E-state index contributed by atoms with van der Waals surface area (Å²) in [6, 6.07) is 0.471. The van der Waals surface area contributed by atoms with E-state index >= 15 is 0 Å². The molecule has 3 rings (SSSR count). The smallest absolute Gasteiger partial charge is 0.225 e. The van der Waals surface area contributed by atoms with Crippen LogP contribution in [-0.2, 0) is 9.59 Å². The van der Waals surface area contributed by atoms with Crippen molar-refractivity contribution in [3.05, 3.63) is 0 Å². The van der Waals surface area contributed by atoms with Gasteiger partial charge in [-0.2, -0.15) is 0 Å². The van der Waals surface area contributed by atoms with Gasteiger partial charge in [0.15, 0.2) is 0 Å². The quantitative estimate of drug-likeness (QED) is 0.710. The van der Waals surface area contributed by atoms with Gasteiger partial charge in [-0.3, -0.25) is 9.59 Å². The average Bonchev–Trinajstić information content (AvgIpc) is 2.95. The average molecular weight is 251 g/mol. The lowest BCUT2D eigenvalue weighted by atomic mass is 10.0. The summed E-state index contributed by atoms with van der Waals surface area (Å²) in [6.07, 6.45) is 4.30. The molecule has 3 aliphatic rings. The van der Waals surface area contributed by atoms with Crippen LogP contribution in [0.5, 0.6) is 0 Å². The lowest BCUT2D eigenvalue weighted by molar-refractivity contribution is -0.141. The van der Waals surface area contributed by atoms with Crippen LogP contribution in [0.15, 0.2) is 0 Å². The SMILES string of the molecule is NC1CCC(C(=O)N2CCN3C(=O)CCC3C2)C1. The molecule has 0 aromatic carbocycles. The molecule has 3 fully saturated rings. The van der Waals surface area contributed by atoms with Crippen molar-refractivity contribution in [3.8, 4) is 0 Å². The van der Waals surface area contributed by atoms with Crippen molar-refractivity contribution in [1.82, 2.24) is 9.80 Å². The van der Waals surface area contributed by atoms with E-state index in [1.807, 2.05) is 9.80 Å². The van der Waals surface area contributed by atoms with Crippen LogP contribution in [0.2, 0.25) is 0 Å². The Labute approximate surface area is 107 Å². The Bertz CT molecular complexity index is 371. The minimum Gasteiger partial charge on any atom is -0.339 e. The number of rotatable bonds is 1. The summed E-state index contributed by atoms with van der Waals surface area (Å²) < 4.78 is 0. The van der Waals surface area contributed by atoms with Gasteiger partial charge in [0, 0.05) is 44.1 Å². The summed E-state index contributed by atoms with van der Waals surface area (Å²) in [6.45, 7) is 2.15. The van der Waals surface area contributed by atoms with Crippen LogP contribution in [0.3, 0.4) is 0 Å². The molecular formula is C13H21N3O2. The van der Waals surface area contributed by atoms with E-state index in [0.29, 0.717) is 19.5 Å². The van der Waals surface area contributed by atoms with E-state index in [-0.39, 0.29) is 29.8 Å². The molecule has 2 amide bonds. The zero-order valence-corrected chi connectivity index (χ0v) is 10.7. The van der Waals surface area contributed by atoms with Gasteiger partial charge in [-0.1, -0.05) is 0 Å². The number of fused-ring (bicyclic) bond motifs is 1. The number of hydrogen-bond acceptors (Lipinski definition) is 3. The summed E-state index contributed by atoms with van der Waals surface area (Å²) in [5, 5.41) is 0. The molecule has 2 saturated heterocycles. The molecule has 2 N–H and O–H groups in total. The van der Waals surface area contributed by atoms with Gasteiger partial charge in [-0.25, -0.2) is 0 Å². The van der Waals surface area contributed by atoms with E-state index in [2.05, 4.69) is 0 Å². The van der Waals surface area contributed by atoms with Crippen molar-refractivity contribution in [2.45, 2.75) is 44.2 Å². The first-order chi connectivity index (χ1) is 8.65. The van der Waals surface area contributed by atoms with Crippen LogP contribution in [0.4, 0.5) is 0 Å². The van der Waals surface area contributed by atoms with E-state index in [9.17, 15) is 9.59 Å². The lowest BCUT2D eigenvalue weighted by Gasteiger charge is -2.38. The van der Waals surface area contributed by atoms with Crippen molar-refractivity contribution in [2.24, 2.45) is 11.7 Å². The van der Waals surface area contributed by atoms with Gasteiger partial charge in [0.1, 0.15) is 0 Å². The normalized spacial score (nSPS) is 36.1. The minimum absolute atomic E-state index is 0.128. The van der Waals surface area contributed by atoms with Crippen molar-refractivity contribution >= 4 is 11.8 Å². The summed E-state index contributed by atoms with van der Waals surface area (Å²) in [7, 11) is 0. The van der Waals surface area contributed by atoms with Crippen molar-refractivity contribution in [3.63, 3.8) is 0 Å². The van der Waals surface area contributed by atoms with Gasteiger partial charge in [-0.05, 0) is 25.7 Å². The predicted molar refractivity (Wildman–Crippen MR) is 66.6 cm³/mol. The largest absolute Gasteiger partial charge is 0.339 e. The Balaban J connectivity index is 1.61. The molecule has 0 bridgehead atoms. The van der Waals surface area contributed by atoms with Crippen LogP contribution < -0.4 is 5.73 Å². The van der Waals surface area contributed by atoms with E-state index in [0.717, 1.165) is 32.2 Å². The highest BCUT2D eigenvalue weighted by atomic mass is 16.2. The highest BCUT2D eigenvalue weighted by molar-refractivity contribution is 5.81. The number of piperazine rings is 1. The topological polar surface area (TPSA) is 66.6 Å². The number of carbonyl (C=O) groups is 2. The second-order valence-electron chi connectivity index (χ2n) is 5.83. The van der Waals surface area contributed by atoms with E-state index in [1.54, 1.807) is 0 Å². The molecule has 2 heterocycles. The number of amides is 2. The molecular weight excluding hydrogens is 230 g/mol. The molecule has 0 aromatic heterocycles. The Hall–Kier alpha value is -1.10. The van der Waals surface area contributed by atoms with Gasteiger partial charge in [-0.15, -0.1) is 0 Å². The maximum absolute atomic E-state index is 12.4. The molecule has 3 atom stereocenters. The van der Waals surface area contributed by atoms with Crippen LogP contribution in [0, 0.1) is 5.92 Å². The number of hydrogen-bond donors (Lipinski definition) is 1. The molecule has 0 aromatic rings. The van der Waals surface area contributed by atoms with Gasteiger partial charge in [0.2, 0.25) is 11.8 Å². The predicted octanol–water partition coefficient (Wildman–Crippen LogP) is -0.0530. The number of carbonyl (C=O) groups excluding carboxylic acids is 2. The summed E-state index contributed by atoms with van der Waals surface area (Å²) in [5.74, 6) is 0.653. The molecule has 100 valence electrons. The lowest BCUT2D eigenvalue weighted by Crippen LogP contribution is -2.54. The van der Waals surface area contributed by atoms with E-state index < -0.39 is 0 Å². The van der Waals surface area contributed by atoms with Crippen molar-refractivity contribution in [1.29, 1.82) is 0 Å². The molecule has 2 aliphatic heterocycles. The molecule has 1 aliphatic carbocycles. The summed E-state index contributed by atoms with van der Waals surface area (Å²) >= 11 is 0. The summed E-state index contributed by atoms with van der Waals surface area (Å²) in [4.78, 5) is 27.9. The highest BCUT2D eigenvalue weighted by Crippen LogP contribution is 2.29. The molecule has 5 nitrogen and oxygen atoms in total. The second-order valence-corrected chi connectivity index (χ2v) is 5.83. The van der Waals surface area contributed by atoms with Crippen LogP contribution in [0.25, 0.3) is 0 Å². The fourth-order valence-corrected chi connectivity index (χ4v) is 3.56. The van der Waals surface area contributed by atoms with Crippen LogP contribution >= 0.6 is 0 Å². The summed E-state index contributed by atoms with van der Waals surface area (Å²) in [5.41, 5.74) is 5.87. The van der Waals surface area contributed by atoms with E-state index in [4.69, 9.17) is 5.73 Å². The third kappa shape index (κ3) is 2.00. The fraction of sp³-hybridized carbons (Fsp3) is 0.846. The Morgan fingerprint density at radius 1 is 1.22 bits per heavy atom. The standard InChI is InChI=1S/C13H21N3O2/c14-10-2-1-9(7-10)13(18)15-5-6-16-11(8-15)3-4-12(16)17/h9-11H,1-8,14H2.